The van der Waals surface area contributed by atoms with Crippen LogP contribution in [0.5, 0.6) is 5.75 Å². The van der Waals surface area contributed by atoms with Crippen LogP contribution in [-0.4, -0.2) is 30.8 Å². The lowest BCUT2D eigenvalue weighted by Gasteiger charge is -2.20. The lowest BCUT2D eigenvalue weighted by Crippen LogP contribution is -2.30. The van der Waals surface area contributed by atoms with Crippen molar-refractivity contribution in [1.29, 1.82) is 0 Å². The van der Waals surface area contributed by atoms with Crippen molar-refractivity contribution >= 4 is 35.6 Å². The summed E-state index contributed by atoms with van der Waals surface area (Å²) in [5, 5.41) is 3.08. The van der Waals surface area contributed by atoms with Crippen LogP contribution in [0.4, 0.5) is 5.69 Å². The van der Waals surface area contributed by atoms with Crippen molar-refractivity contribution in [3.63, 3.8) is 0 Å². The van der Waals surface area contributed by atoms with Crippen molar-refractivity contribution in [3.05, 3.63) is 24.3 Å². The summed E-state index contributed by atoms with van der Waals surface area (Å²) < 4.78 is 11.3. The first kappa shape index (κ1) is 19.0. The van der Waals surface area contributed by atoms with Crippen LogP contribution >= 0.6 is 24.0 Å². The Bertz CT molecular complexity index is 483. The Balaban J connectivity index is 0.00000242. The van der Waals surface area contributed by atoms with Gasteiger partial charge in [-0.2, -0.15) is 0 Å². The number of halogens is 1. The molecule has 0 spiro atoms. The molecule has 0 amide bonds. The molecule has 1 aromatic carbocycles. The van der Waals surface area contributed by atoms with E-state index in [-0.39, 0.29) is 35.7 Å². The monoisotopic (exact) mass is 419 g/mol. The van der Waals surface area contributed by atoms with Gasteiger partial charge in [-0.15, -0.1) is 24.0 Å². The molecule has 3 N–H and O–H groups in total. The fourth-order valence-corrected chi connectivity index (χ4v) is 2.29. The number of aliphatic imine (C=N–C) groups is 1. The summed E-state index contributed by atoms with van der Waals surface area (Å²) >= 11 is 0. The fourth-order valence-electron chi connectivity index (χ4n) is 2.29. The Morgan fingerprint density at radius 1 is 1.41 bits per heavy atom. The Morgan fingerprint density at radius 3 is 2.64 bits per heavy atom. The molecule has 0 saturated carbocycles. The highest BCUT2D eigenvalue weighted by Crippen LogP contribution is 2.25. The van der Waals surface area contributed by atoms with Gasteiger partial charge in [0, 0.05) is 12.3 Å². The average molecular weight is 419 g/mol. The van der Waals surface area contributed by atoms with Crippen LogP contribution < -0.4 is 15.8 Å². The van der Waals surface area contributed by atoms with E-state index in [0.717, 1.165) is 30.9 Å². The van der Waals surface area contributed by atoms with Gasteiger partial charge >= 0.3 is 0 Å². The van der Waals surface area contributed by atoms with E-state index in [9.17, 15) is 0 Å². The summed E-state index contributed by atoms with van der Waals surface area (Å²) in [4.78, 5) is 4.37. The molecule has 1 atom stereocenters. The Morgan fingerprint density at radius 2 is 2.09 bits per heavy atom. The molecule has 0 radical (unpaired) electrons. The van der Waals surface area contributed by atoms with E-state index in [1.165, 1.54) is 0 Å². The molecule has 1 heterocycles. The first-order valence-corrected chi connectivity index (χ1v) is 7.44. The van der Waals surface area contributed by atoms with Gasteiger partial charge in [-0.3, -0.25) is 4.99 Å². The number of nitrogens with one attached hydrogen (secondary N) is 1. The summed E-state index contributed by atoms with van der Waals surface area (Å²) in [5.74, 6) is 1.25. The van der Waals surface area contributed by atoms with E-state index in [1.807, 2.05) is 38.1 Å². The number of guanidine groups is 1. The zero-order valence-electron chi connectivity index (χ0n) is 13.5. The first-order valence-electron chi connectivity index (χ1n) is 7.44. The van der Waals surface area contributed by atoms with Crippen molar-refractivity contribution in [3.8, 4) is 5.75 Å². The fraction of sp³-hybridized carbons (Fsp3) is 0.562. The Hall–Kier alpha value is -1.02. The van der Waals surface area contributed by atoms with E-state index in [0.29, 0.717) is 12.5 Å². The molecule has 0 aliphatic carbocycles. The topological polar surface area (TPSA) is 68.9 Å². The second kappa shape index (κ2) is 8.57. The van der Waals surface area contributed by atoms with E-state index in [4.69, 9.17) is 15.2 Å². The number of nitrogens with two attached hydrogens (primary N) is 1. The lowest BCUT2D eigenvalue weighted by molar-refractivity contribution is 0.0284. The molecule has 124 valence electrons. The normalized spacial score (nSPS) is 21.5. The lowest BCUT2D eigenvalue weighted by atomic mass is 10.0. The molecule has 1 unspecified atom stereocenters. The zero-order chi connectivity index (χ0) is 15.3. The number of anilines is 1. The highest BCUT2D eigenvalue weighted by atomic mass is 127. The van der Waals surface area contributed by atoms with Gasteiger partial charge in [0.15, 0.2) is 5.96 Å². The third kappa shape index (κ3) is 6.00. The first-order chi connectivity index (χ1) is 9.97. The molecule has 0 bridgehead atoms. The SMILES string of the molecule is CC(C)Oc1ccc(NC(N)=NCC2(C)CCCO2)cc1.I. The molecule has 1 aliphatic rings. The molecule has 0 aromatic heterocycles. The quantitative estimate of drug-likeness (QED) is 0.436. The second-order valence-electron chi connectivity index (χ2n) is 5.92. The van der Waals surface area contributed by atoms with Gasteiger partial charge in [-0.25, -0.2) is 0 Å². The molecule has 5 nitrogen and oxygen atoms in total. The minimum absolute atomic E-state index is 0. The Kier molecular flexibility index (Phi) is 7.41. The summed E-state index contributed by atoms with van der Waals surface area (Å²) in [6, 6.07) is 7.68. The van der Waals surface area contributed by atoms with Gasteiger partial charge < -0.3 is 20.5 Å². The van der Waals surface area contributed by atoms with Gasteiger partial charge in [0.2, 0.25) is 0 Å². The smallest absolute Gasteiger partial charge is 0.193 e. The molecule has 6 heteroatoms. The highest BCUT2D eigenvalue weighted by Gasteiger charge is 2.29. The number of hydrogen-bond donors (Lipinski definition) is 2. The average Bonchev–Trinajstić information content (AvgIpc) is 2.86. The maximum atomic E-state index is 5.91. The number of ether oxygens (including phenoxy) is 2. The second-order valence-corrected chi connectivity index (χ2v) is 5.92. The van der Waals surface area contributed by atoms with Crippen LogP contribution in [0.15, 0.2) is 29.3 Å². The molecular weight excluding hydrogens is 393 g/mol. The number of benzene rings is 1. The van der Waals surface area contributed by atoms with Gasteiger partial charge in [0.25, 0.3) is 0 Å². The van der Waals surface area contributed by atoms with Crippen LogP contribution in [0, 0.1) is 0 Å². The largest absolute Gasteiger partial charge is 0.491 e. The van der Waals surface area contributed by atoms with Gasteiger partial charge in [0.1, 0.15) is 5.75 Å². The number of rotatable bonds is 5. The molecule has 1 saturated heterocycles. The van der Waals surface area contributed by atoms with Crippen molar-refractivity contribution in [2.75, 3.05) is 18.5 Å². The van der Waals surface area contributed by atoms with Crippen molar-refractivity contribution in [2.24, 2.45) is 10.7 Å². The third-order valence-electron chi connectivity index (χ3n) is 3.38. The van der Waals surface area contributed by atoms with Crippen LogP contribution in [0.2, 0.25) is 0 Å². The van der Waals surface area contributed by atoms with Gasteiger partial charge in [-0.1, -0.05) is 0 Å². The van der Waals surface area contributed by atoms with Crippen molar-refractivity contribution in [2.45, 2.75) is 45.3 Å². The molecule has 1 fully saturated rings. The summed E-state index contributed by atoms with van der Waals surface area (Å²) in [6.45, 7) is 7.48. The minimum atomic E-state index is -0.165. The van der Waals surface area contributed by atoms with Crippen LogP contribution in [0.25, 0.3) is 0 Å². The predicted octanol–water partition coefficient (Wildman–Crippen LogP) is 3.39. The third-order valence-corrected chi connectivity index (χ3v) is 3.38. The molecule has 22 heavy (non-hydrogen) atoms. The predicted molar refractivity (Wildman–Crippen MR) is 101 cm³/mol. The Labute approximate surface area is 149 Å². The molecule has 1 aliphatic heterocycles. The molecular formula is C16H26IN3O2. The van der Waals surface area contributed by atoms with E-state index in [2.05, 4.69) is 17.2 Å². The maximum absolute atomic E-state index is 5.91. The standard InChI is InChI=1S/C16H25N3O2.HI/c1-12(2)21-14-7-5-13(6-8-14)19-15(17)18-11-16(3)9-4-10-20-16;/h5-8,12H,4,9-11H2,1-3H3,(H3,17,18,19);1H. The van der Waals surface area contributed by atoms with Crippen LogP contribution in [0.3, 0.4) is 0 Å². The van der Waals surface area contributed by atoms with Crippen molar-refractivity contribution in [1.82, 2.24) is 0 Å². The van der Waals surface area contributed by atoms with Gasteiger partial charge in [-0.05, 0) is 57.9 Å². The summed E-state index contributed by atoms with van der Waals surface area (Å²) in [5.41, 5.74) is 6.64. The zero-order valence-corrected chi connectivity index (χ0v) is 15.8. The number of hydrogen-bond acceptors (Lipinski definition) is 3. The number of nitrogens with zero attached hydrogens (tertiary/aromatic N) is 1. The van der Waals surface area contributed by atoms with Gasteiger partial charge in [0.05, 0.1) is 18.2 Å². The van der Waals surface area contributed by atoms with Crippen molar-refractivity contribution < 1.29 is 9.47 Å². The van der Waals surface area contributed by atoms with Crippen LogP contribution in [0.1, 0.15) is 33.6 Å². The van der Waals surface area contributed by atoms with E-state index < -0.39 is 0 Å². The maximum Gasteiger partial charge on any atom is 0.193 e. The molecule has 1 aromatic rings. The van der Waals surface area contributed by atoms with E-state index in [1.54, 1.807) is 0 Å². The minimum Gasteiger partial charge on any atom is -0.491 e. The van der Waals surface area contributed by atoms with E-state index >= 15 is 0 Å². The summed E-state index contributed by atoms with van der Waals surface area (Å²) in [6.07, 6.45) is 2.30. The summed E-state index contributed by atoms with van der Waals surface area (Å²) in [7, 11) is 0. The molecule has 2 rings (SSSR count). The van der Waals surface area contributed by atoms with Crippen LogP contribution in [-0.2, 0) is 4.74 Å². The highest BCUT2D eigenvalue weighted by molar-refractivity contribution is 14.0.